The Bertz CT molecular complexity index is 867. The summed E-state index contributed by atoms with van der Waals surface area (Å²) in [4.78, 5) is 12.6. The summed E-state index contributed by atoms with van der Waals surface area (Å²) >= 11 is 0. The molecule has 0 unspecified atom stereocenters. The zero-order valence-corrected chi connectivity index (χ0v) is 14.3. The molecule has 3 rings (SSSR count). The second-order valence-corrected chi connectivity index (χ2v) is 6.17. The first-order chi connectivity index (χ1) is 12.0. The van der Waals surface area contributed by atoms with Crippen molar-refractivity contribution < 1.29 is 8.78 Å². The molecule has 25 heavy (non-hydrogen) atoms. The Balaban J connectivity index is 2.02. The lowest BCUT2D eigenvalue weighted by molar-refractivity contribution is 0.411. The average Bonchev–Trinajstić information content (AvgIpc) is 2.59. The van der Waals surface area contributed by atoms with Crippen molar-refractivity contribution in [2.45, 2.75) is 6.54 Å². The molecule has 4 nitrogen and oxygen atoms in total. The van der Waals surface area contributed by atoms with Crippen molar-refractivity contribution >= 4 is 16.7 Å². The van der Waals surface area contributed by atoms with Gasteiger partial charge in [0.05, 0.1) is 5.52 Å². The zero-order chi connectivity index (χ0) is 17.8. The van der Waals surface area contributed by atoms with E-state index < -0.39 is 0 Å². The van der Waals surface area contributed by atoms with Crippen LogP contribution in [-0.4, -0.2) is 42.1 Å². The monoisotopic (exact) mass is 342 g/mol. The summed E-state index contributed by atoms with van der Waals surface area (Å²) in [6.45, 7) is 1.74. The number of fused-ring (bicyclic) bond motifs is 1. The van der Waals surface area contributed by atoms with E-state index >= 15 is 0 Å². The Hall–Kier alpha value is -2.60. The van der Waals surface area contributed by atoms with Crippen LogP contribution in [0.2, 0.25) is 0 Å². The van der Waals surface area contributed by atoms with E-state index in [9.17, 15) is 8.78 Å². The summed E-state index contributed by atoms with van der Waals surface area (Å²) in [5.74, 6) is -0.00139. The zero-order valence-electron chi connectivity index (χ0n) is 14.3. The van der Waals surface area contributed by atoms with Gasteiger partial charge in [-0.3, -0.25) is 0 Å². The lowest BCUT2D eigenvalue weighted by Crippen LogP contribution is -2.32. The SMILES string of the molecule is CN(C)CCN(Cc1ccccc1F)c1ncnc2ccc(F)cc12. The van der Waals surface area contributed by atoms with E-state index in [0.29, 0.717) is 35.4 Å². The standard InChI is InChI=1S/C19H20F2N4/c1-24(2)9-10-25(12-14-5-3-4-6-17(14)21)19-16-11-15(20)7-8-18(16)22-13-23-19/h3-8,11,13H,9-10,12H2,1-2H3. The van der Waals surface area contributed by atoms with E-state index in [-0.39, 0.29) is 11.6 Å². The highest BCUT2D eigenvalue weighted by molar-refractivity contribution is 5.89. The molecule has 1 aromatic heterocycles. The highest BCUT2D eigenvalue weighted by Crippen LogP contribution is 2.25. The van der Waals surface area contributed by atoms with Gasteiger partial charge in [0, 0.05) is 30.6 Å². The summed E-state index contributed by atoms with van der Waals surface area (Å²) in [7, 11) is 3.94. The minimum absolute atomic E-state index is 0.262. The predicted molar refractivity (Wildman–Crippen MR) is 95.5 cm³/mol. The second-order valence-electron chi connectivity index (χ2n) is 6.17. The maximum Gasteiger partial charge on any atom is 0.140 e. The number of aromatic nitrogens is 2. The molecule has 6 heteroatoms. The number of hydrogen-bond donors (Lipinski definition) is 0. The van der Waals surface area contributed by atoms with E-state index in [1.165, 1.54) is 24.5 Å². The Morgan fingerprint density at radius 1 is 0.960 bits per heavy atom. The molecule has 0 bridgehead atoms. The molecule has 0 amide bonds. The molecule has 0 aliphatic carbocycles. The van der Waals surface area contributed by atoms with Crippen molar-refractivity contribution in [3.05, 3.63) is 66.0 Å². The van der Waals surface area contributed by atoms with Gasteiger partial charge in [0.1, 0.15) is 23.8 Å². The van der Waals surface area contributed by atoms with Crippen molar-refractivity contribution in [3.8, 4) is 0 Å². The summed E-state index contributed by atoms with van der Waals surface area (Å²) in [5, 5.41) is 0.623. The minimum atomic E-state index is -0.345. The topological polar surface area (TPSA) is 32.3 Å². The number of likely N-dealkylation sites (N-methyl/N-ethyl adjacent to an activating group) is 1. The molecule has 0 atom stereocenters. The lowest BCUT2D eigenvalue weighted by Gasteiger charge is -2.26. The number of hydrogen-bond acceptors (Lipinski definition) is 4. The molecular weight excluding hydrogens is 322 g/mol. The van der Waals surface area contributed by atoms with Gasteiger partial charge in [-0.25, -0.2) is 18.7 Å². The van der Waals surface area contributed by atoms with Gasteiger partial charge in [0.25, 0.3) is 0 Å². The van der Waals surface area contributed by atoms with Crippen molar-refractivity contribution in [3.63, 3.8) is 0 Å². The second kappa shape index (κ2) is 7.53. The van der Waals surface area contributed by atoms with Gasteiger partial charge < -0.3 is 9.80 Å². The van der Waals surface area contributed by atoms with Crippen LogP contribution in [0, 0.1) is 11.6 Å². The Morgan fingerprint density at radius 3 is 2.52 bits per heavy atom. The van der Waals surface area contributed by atoms with Crippen LogP contribution in [0.5, 0.6) is 0 Å². The average molecular weight is 342 g/mol. The van der Waals surface area contributed by atoms with E-state index in [1.54, 1.807) is 24.3 Å². The van der Waals surface area contributed by atoms with Crippen LogP contribution in [0.3, 0.4) is 0 Å². The van der Waals surface area contributed by atoms with Crippen LogP contribution in [0.1, 0.15) is 5.56 Å². The van der Waals surface area contributed by atoms with Gasteiger partial charge in [0.2, 0.25) is 0 Å². The van der Waals surface area contributed by atoms with Gasteiger partial charge in [0.15, 0.2) is 0 Å². The molecule has 1 heterocycles. The number of benzene rings is 2. The molecule has 130 valence electrons. The summed E-state index contributed by atoms with van der Waals surface area (Å²) in [6, 6.07) is 11.1. The predicted octanol–water partition coefficient (Wildman–Crippen LogP) is 3.48. The first kappa shape index (κ1) is 17.2. The molecule has 0 saturated heterocycles. The largest absolute Gasteiger partial charge is 0.350 e. The fraction of sp³-hybridized carbons (Fsp3) is 0.263. The molecule has 0 spiro atoms. The van der Waals surface area contributed by atoms with Gasteiger partial charge in [-0.05, 0) is 38.4 Å². The summed E-state index contributed by atoms with van der Waals surface area (Å²) < 4.78 is 27.9. The third kappa shape index (κ3) is 4.09. The third-order valence-electron chi connectivity index (χ3n) is 4.01. The molecule has 0 fully saturated rings. The third-order valence-corrected chi connectivity index (χ3v) is 4.01. The van der Waals surface area contributed by atoms with E-state index in [2.05, 4.69) is 9.97 Å². The number of halogens is 2. The van der Waals surface area contributed by atoms with E-state index in [0.717, 1.165) is 6.54 Å². The quantitative estimate of drug-likeness (QED) is 0.687. The highest BCUT2D eigenvalue weighted by Gasteiger charge is 2.15. The minimum Gasteiger partial charge on any atom is -0.350 e. The Labute approximate surface area is 145 Å². The fourth-order valence-electron chi connectivity index (χ4n) is 2.68. The first-order valence-electron chi connectivity index (χ1n) is 8.08. The van der Waals surface area contributed by atoms with Crippen LogP contribution >= 0.6 is 0 Å². The van der Waals surface area contributed by atoms with Crippen LogP contribution in [0.25, 0.3) is 10.9 Å². The van der Waals surface area contributed by atoms with Crippen molar-refractivity contribution in [2.75, 3.05) is 32.1 Å². The fourth-order valence-corrected chi connectivity index (χ4v) is 2.68. The van der Waals surface area contributed by atoms with Crippen LogP contribution in [0.15, 0.2) is 48.8 Å². The van der Waals surface area contributed by atoms with Gasteiger partial charge >= 0.3 is 0 Å². The molecule has 0 aliphatic rings. The number of nitrogens with zero attached hydrogens (tertiary/aromatic N) is 4. The molecule has 0 radical (unpaired) electrons. The van der Waals surface area contributed by atoms with Crippen LogP contribution in [-0.2, 0) is 6.54 Å². The van der Waals surface area contributed by atoms with Gasteiger partial charge in [-0.15, -0.1) is 0 Å². The van der Waals surface area contributed by atoms with Crippen LogP contribution in [0.4, 0.5) is 14.6 Å². The Morgan fingerprint density at radius 2 is 1.76 bits per heavy atom. The maximum atomic E-state index is 14.1. The molecule has 2 aromatic carbocycles. The summed E-state index contributed by atoms with van der Waals surface area (Å²) in [6.07, 6.45) is 1.46. The van der Waals surface area contributed by atoms with Gasteiger partial charge in [-0.2, -0.15) is 0 Å². The Kier molecular flexibility index (Phi) is 5.19. The van der Waals surface area contributed by atoms with Gasteiger partial charge in [-0.1, -0.05) is 18.2 Å². The number of anilines is 1. The highest BCUT2D eigenvalue weighted by atomic mass is 19.1. The molecule has 0 aliphatic heterocycles. The normalized spacial score (nSPS) is 11.2. The van der Waals surface area contributed by atoms with E-state index in [1.807, 2.05) is 23.9 Å². The lowest BCUT2D eigenvalue weighted by atomic mass is 10.1. The van der Waals surface area contributed by atoms with Crippen LogP contribution < -0.4 is 4.90 Å². The molecule has 0 saturated carbocycles. The maximum absolute atomic E-state index is 14.1. The molecular formula is C19H20F2N4. The summed E-state index contributed by atoms with van der Waals surface area (Å²) in [5.41, 5.74) is 1.24. The van der Waals surface area contributed by atoms with Crippen molar-refractivity contribution in [1.82, 2.24) is 14.9 Å². The first-order valence-corrected chi connectivity index (χ1v) is 8.08. The molecule has 0 N–H and O–H groups in total. The smallest absolute Gasteiger partial charge is 0.140 e. The number of rotatable bonds is 6. The van der Waals surface area contributed by atoms with Crippen molar-refractivity contribution in [2.24, 2.45) is 0 Å². The van der Waals surface area contributed by atoms with Crippen molar-refractivity contribution in [1.29, 1.82) is 0 Å². The van der Waals surface area contributed by atoms with E-state index in [4.69, 9.17) is 0 Å². The molecule has 3 aromatic rings.